The zero-order valence-electron chi connectivity index (χ0n) is 15.8. The van der Waals surface area contributed by atoms with Crippen LogP contribution in [0.4, 0.5) is 11.4 Å². The molecule has 0 unspecified atom stereocenters. The van der Waals surface area contributed by atoms with Gasteiger partial charge in [-0.2, -0.15) is 0 Å². The van der Waals surface area contributed by atoms with Gasteiger partial charge in [0.25, 0.3) is 17.7 Å². The van der Waals surface area contributed by atoms with Gasteiger partial charge in [0, 0.05) is 11.3 Å². The van der Waals surface area contributed by atoms with Crippen LogP contribution in [0.5, 0.6) is 0 Å². The van der Waals surface area contributed by atoms with Gasteiger partial charge >= 0.3 is 0 Å². The van der Waals surface area contributed by atoms with Crippen molar-refractivity contribution in [3.8, 4) is 0 Å². The first-order chi connectivity index (χ1) is 14.3. The largest absolute Gasteiger partial charge is 0.545 e. The van der Waals surface area contributed by atoms with Crippen molar-refractivity contribution < 1.29 is 24.3 Å². The van der Waals surface area contributed by atoms with Gasteiger partial charge in [0.05, 0.1) is 22.8 Å². The van der Waals surface area contributed by atoms with E-state index < -0.39 is 23.7 Å². The number of benzene rings is 3. The van der Waals surface area contributed by atoms with Crippen molar-refractivity contribution >= 4 is 35.1 Å². The number of carboxylic acid groups (broad SMARTS) is 1. The third-order valence-electron chi connectivity index (χ3n) is 4.80. The number of imide groups is 1. The molecule has 0 saturated carbocycles. The van der Waals surface area contributed by atoms with Crippen LogP contribution >= 0.6 is 0 Å². The number of aryl methyl sites for hydroxylation is 1. The molecule has 0 saturated heterocycles. The van der Waals surface area contributed by atoms with E-state index in [1.165, 1.54) is 42.5 Å². The number of anilines is 2. The third-order valence-corrected chi connectivity index (χ3v) is 4.80. The summed E-state index contributed by atoms with van der Waals surface area (Å²) < 4.78 is 0. The predicted octanol–water partition coefficient (Wildman–Crippen LogP) is 2.41. The van der Waals surface area contributed by atoms with E-state index in [-0.39, 0.29) is 27.9 Å². The second-order valence-electron chi connectivity index (χ2n) is 6.86. The van der Waals surface area contributed by atoms with Crippen molar-refractivity contribution in [1.82, 2.24) is 0 Å². The Hall–Kier alpha value is -4.26. The number of hydrogen-bond donors (Lipinski definition) is 1. The van der Waals surface area contributed by atoms with Gasteiger partial charge in [-0.15, -0.1) is 0 Å². The first-order valence-corrected chi connectivity index (χ1v) is 9.07. The van der Waals surface area contributed by atoms with E-state index in [4.69, 9.17) is 0 Å². The number of nitrogens with zero attached hydrogens (tertiary/aromatic N) is 1. The highest BCUT2D eigenvalue weighted by Crippen LogP contribution is 2.29. The fraction of sp³-hybridized carbons (Fsp3) is 0.0435. The standard InChI is InChI=1S/C23H16N2O5/c1-13-5-8-17(9-6-13)25-21(27)18-10-7-14(12-19(18)22(25)28)20(26)24-16-4-2-3-15(11-16)23(29)30/h2-12H,1H3,(H,24,26)(H,29,30)/p-1. The maximum absolute atomic E-state index is 12.8. The molecular formula is C23H15N2O5-. The van der Waals surface area contributed by atoms with Crippen LogP contribution in [0.15, 0.2) is 66.7 Å². The fourth-order valence-electron chi connectivity index (χ4n) is 3.24. The Balaban J connectivity index is 1.61. The monoisotopic (exact) mass is 399 g/mol. The maximum Gasteiger partial charge on any atom is 0.266 e. The number of rotatable bonds is 4. The molecule has 0 fully saturated rings. The lowest BCUT2D eigenvalue weighted by Crippen LogP contribution is -2.29. The van der Waals surface area contributed by atoms with Crippen LogP contribution in [-0.4, -0.2) is 23.7 Å². The molecule has 0 atom stereocenters. The lowest BCUT2D eigenvalue weighted by atomic mass is 10.1. The van der Waals surface area contributed by atoms with Gasteiger partial charge in [-0.05, 0) is 55.0 Å². The Morgan fingerprint density at radius 1 is 0.833 bits per heavy atom. The minimum Gasteiger partial charge on any atom is -0.545 e. The summed E-state index contributed by atoms with van der Waals surface area (Å²) in [6, 6.07) is 16.9. The molecule has 3 amide bonds. The van der Waals surface area contributed by atoms with E-state index in [9.17, 15) is 24.3 Å². The summed E-state index contributed by atoms with van der Waals surface area (Å²) >= 11 is 0. The van der Waals surface area contributed by atoms with E-state index in [1.54, 1.807) is 24.3 Å². The van der Waals surface area contributed by atoms with E-state index >= 15 is 0 Å². The Morgan fingerprint density at radius 3 is 2.23 bits per heavy atom. The van der Waals surface area contributed by atoms with Gasteiger partial charge in [0.1, 0.15) is 0 Å². The first-order valence-electron chi connectivity index (χ1n) is 9.07. The Morgan fingerprint density at radius 2 is 1.53 bits per heavy atom. The zero-order valence-corrected chi connectivity index (χ0v) is 15.8. The smallest absolute Gasteiger partial charge is 0.266 e. The van der Waals surface area contributed by atoms with E-state index in [1.807, 2.05) is 6.92 Å². The number of amides is 3. The molecule has 1 heterocycles. The minimum absolute atomic E-state index is 0.0729. The first kappa shape index (κ1) is 19.1. The van der Waals surface area contributed by atoms with E-state index in [0.29, 0.717) is 5.69 Å². The van der Waals surface area contributed by atoms with Crippen LogP contribution in [0.1, 0.15) is 47.0 Å². The summed E-state index contributed by atoms with van der Waals surface area (Å²) in [5.41, 5.74) is 2.17. The lowest BCUT2D eigenvalue weighted by Gasteiger charge is -2.13. The zero-order chi connectivity index (χ0) is 21.4. The van der Waals surface area contributed by atoms with Crippen molar-refractivity contribution in [2.45, 2.75) is 6.92 Å². The molecule has 7 nitrogen and oxygen atoms in total. The highest BCUT2D eigenvalue weighted by molar-refractivity contribution is 6.34. The number of fused-ring (bicyclic) bond motifs is 1. The summed E-state index contributed by atoms with van der Waals surface area (Å²) in [5.74, 6) is -2.86. The Labute approximate surface area is 171 Å². The van der Waals surface area contributed by atoms with Crippen LogP contribution in [0.3, 0.4) is 0 Å². The molecular weight excluding hydrogens is 384 g/mol. The summed E-state index contributed by atoms with van der Waals surface area (Å²) in [4.78, 5) is 50.2. The highest BCUT2D eigenvalue weighted by atomic mass is 16.4. The molecule has 30 heavy (non-hydrogen) atoms. The number of carbonyl (C=O) groups excluding carboxylic acids is 4. The normalized spacial score (nSPS) is 12.6. The molecule has 0 spiro atoms. The van der Waals surface area contributed by atoms with Crippen molar-refractivity contribution in [2.24, 2.45) is 0 Å². The molecule has 1 aliphatic rings. The average molecular weight is 399 g/mol. The molecule has 4 rings (SSSR count). The molecule has 0 aliphatic carbocycles. The van der Waals surface area contributed by atoms with Crippen molar-refractivity contribution in [3.63, 3.8) is 0 Å². The Kier molecular flexibility index (Phi) is 4.63. The van der Waals surface area contributed by atoms with Crippen molar-refractivity contribution in [1.29, 1.82) is 0 Å². The molecule has 0 bridgehead atoms. The van der Waals surface area contributed by atoms with Crippen LogP contribution in [-0.2, 0) is 0 Å². The molecule has 3 aromatic rings. The van der Waals surface area contributed by atoms with Gasteiger partial charge in [-0.1, -0.05) is 29.8 Å². The van der Waals surface area contributed by atoms with Gasteiger partial charge in [-0.3, -0.25) is 14.4 Å². The second-order valence-corrected chi connectivity index (χ2v) is 6.86. The SMILES string of the molecule is Cc1ccc(N2C(=O)c3ccc(C(=O)Nc4cccc(C(=O)[O-])c4)cc3C2=O)cc1. The number of carbonyl (C=O) groups is 4. The van der Waals surface area contributed by atoms with Crippen LogP contribution in [0, 0.1) is 6.92 Å². The lowest BCUT2D eigenvalue weighted by molar-refractivity contribution is -0.255. The molecule has 7 heteroatoms. The summed E-state index contributed by atoms with van der Waals surface area (Å²) in [7, 11) is 0. The quantitative estimate of drug-likeness (QED) is 0.678. The molecule has 0 radical (unpaired) electrons. The summed E-state index contributed by atoms with van der Waals surface area (Å²) in [5, 5.41) is 13.6. The van der Waals surface area contributed by atoms with Crippen molar-refractivity contribution in [3.05, 3.63) is 94.5 Å². The van der Waals surface area contributed by atoms with Crippen molar-refractivity contribution in [2.75, 3.05) is 10.2 Å². The minimum atomic E-state index is -1.36. The maximum atomic E-state index is 12.8. The van der Waals surface area contributed by atoms with Crippen LogP contribution in [0.25, 0.3) is 0 Å². The molecule has 3 aromatic carbocycles. The van der Waals surface area contributed by atoms with E-state index in [0.717, 1.165) is 10.5 Å². The number of aromatic carboxylic acids is 1. The number of carboxylic acids is 1. The predicted molar refractivity (Wildman–Crippen MR) is 107 cm³/mol. The van der Waals surface area contributed by atoms with Crippen LogP contribution < -0.4 is 15.3 Å². The van der Waals surface area contributed by atoms with Crippen LogP contribution in [0.2, 0.25) is 0 Å². The third kappa shape index (κ3) is 3.33. The van der Waals surface area contributed by atoms with Gasteiger partial charge < -0.3 is 15.2 Å². The summed E-state index contributed by atoms with van der Waals surface area (Å²) in [6.45, 7) is 1.90. The number of hydrogen-bond acceptors (Lipinski definition) is 5. The van der Waals surface area contributed by atoms with Gasteiger partial charge in [0.2, 0.25) is 0 Å². The fourth-order valence-corrected chi connectivity index (χ4v) is 3.24. The average Bonchev–Trinajstić information content (AvgIpc) is 2.99. The topological polar surface area (TPSA) is 107 Å². The summed E-state index contributed by atoms with van der Waals surface area (Å²) in [6.07, 6.45) is 0. The molecule has 1 aliphatic heterocycles. The number of nitrogens with one attached hydrogen (secondary N) is 1. The molecule has 1 N–H and O–H groups in total. The second kappa shape index (κ2) is 7.29. The molecule has 0 aromatic heterocycles. The van der Waals surface area contributed by atoms with Gasteiger partial charge in [-0.25, -0.2) is 4.90 Å². The van der Waals surface area contributed by atoms with E-state index in [2.05, 4.69) is 5.32 Å². The van der Waals surface area contributed by atoms with Gasteiger partial charge in [0.15, 0.2) is 0 Å². The molecule has 148 valence electrons. The highest BCUT2D eigenvalue weighted by Gasteiger charge is 2.37. The Bertz CT molecular complexity index is 1210.